The molecule has 0 rings (SSSR count). The van der Waals surface area contributed by atoms with Crippen LogP contribution in [0.4, 0.5) is 0 Å². The van der Waals surface area contributed by atoms with Gasteiger partial charge in [0.05, 0.1) is 5.54 Å². The van der Waals surface area contributed by atoms with Crippen LogP contribution in [-0.2, 0) is 0 Å². The SMILES string of the molecule is CC(C)(C)N=NNC(C)(C)C.CC(C)(C)N=N[N-]C(C)(C)C.[K+]. The van der Waals surface area contributed by atoms with Crippen molar-refractivity contribution in [2.75, 3.05) is 0 Å². The Labute approximate surface area is 186 Å². The first-order valence-electron chi connectivity index (χ1n) is 7.74. The molecule has 0 amide bonds. The van der Waals surface area contributed by atoms with E-state index >= 15 is 0 Å². The van der Waals surface area contributed by atoms with E-state index in [1.807, 2.05) is 62.3 Å². The number of hydrogen-bond donors (Lipinski definition) is 1. The predicted molar refractivity (Wildman–Crippen MR) is 95.2 cm³/mol. The molecular formula is C16H37KN6. The molecule has 0 aliphatic rings. The summed E-state index contributed by atoms with van der Waals surface area (Å²) < 4.78 is 0. The molecule has 0 radical (unpaired) electrons. The van der Waals surface area contributed by atoms with Crippen molar-refractivity contribution < 1.29 is 51.4 Å². The van der Waals surface area contributed by atoms with E-state index in [0.717, 1.165) is 0 Å². The van der Waals surface area contributed by atoms with E-state index < -0.39 is 0 Å². The Morgan fingerprint density at radius 3 is 1.30 bits per heavy atom. The maximum atomic E-state index is 4.06. The fourth-order valence-electron chi connectivity index (χ4n) is 0.616. The van der Waals surface area contributed by atoms with Crippen molar-refractivity contribution in [2.45, 2.75) is 105 Å². The van der Waals surface area contributed by atoms with E-state index in [1.54, 1.807) is 0 Å². The Hall–Kier alpha value is 0.436. The van der Waals surface area contributed by atoms with Crippen molar-refractivity contribution in [3.05, 3.63) is 5.43 Å². The average Bonchev–Trinajstić information content (AvgIpc) is 2.08. The zero-order chi connectivity index (χ0) is 18.2. The van der Waals surface area contributed by atoms with Crippen LogP contribution < -0.4 is 56.8 Å². The molecule has 0 spiro atoms. The van der Waals surface area contributed by atoms with Gasteiger partial charge in [0.2, 0.25) is 0 Å². The third kappa shape index (κ3) is 34.7. The second-order valence-corrected chi connectivity index (χ2v) is 9.36. The van der Waals surface area contributed by atoms with Gasteiger partial charge in [0, 0.05) is 5.54 Å². The summed E-state index contributed by atoms with van der Waals surface area (Å²) in [6.45, 7) is 24.2. The van der Waals surface area contributed by atoms with Crippen LogP contribution in [0.25, 0.3) is 5.43 Å². The largest absolute Gasteiger partial charge is 1.00 e. The molecule has 1 N–H and O–H groups in total. The van der Waals surface area contributed by atoms with E-state index in [-0.39, 0.29) is 73.5 Å². The van der Waals surface area contributed by atoms with Crippen LogP contribution in [0.3, 0.4) is 0 Å². The maximum Gasteiger partial charge on any atom is 1.00 e. The minimum absolute atomic E-state index is 0. The summed E-state index contributed by atoms with van der Waals surface area (Å²) in [4.78, 5) is 0. The summed E-state index contributed by atoms with van der Waals surface area (Å²) in [6.07, 6.45) is 0. The molecule has 132 valence electrons. The third-order valence-corrected chi connectivity index (χ3v) is 1.42. The van der Waals surface area contributed by atoms with E-state index in [1.165, 1.54) is 0 Å². The second-order valence-electron chi connectivity index (χ2n) is 9.36. The Morgan fingerprint density at radius 1 is 0.652 bits per heavy atom. The average molecular weight is 353 g/mol. The molecule has 6 nitrogen and oxygen atoms in total. The Kier molecular flexibility index (Phi) is 13.7. The number of hydrogen-bond acceptors (Lipinski definition) is 4. The van der Waals surface area contributed by atoms with Gasteiger partial charge in [-0.15, -0.1) is 0 Å². The van der Waals surface area contributed by atoms with Gasteiger partial charge in [0.1, 0.15) is 0 Å². The second kappa shape index (κ2) is 11.1. The smallest absolute Gasteiger partial charge is 0.376 e. The van der Waals surface area contributed by atoms with Gasteiger partial charge in [-0.25, -0.2) is 0 Å². The third-order valence-electron chi connectivity index (χ3n) is 1.42. The van der Waals surface area contributed by atoms with Crippen LogP contribution in [0, 0.1) is 0 Å². The van der Waals surface area contributed by atoms with Crippen molar-refractivity contribution in [2.24, 2.45) is 20.7 Å². The molecule has 0 saturated carbocycles. The van der Waals surface area contributed by atoms with Gasteiger partial charge < -0.3 is 10.5 Å². The molecule has 7 heteroatoms. The molecule has 0 bridgehead atoms. The van der Waals surface area contributed by atoms with Crippen molar-refractivity contribution in [1.29, 1.82) is 0 Å². The summed E-state index contributed by atoms with van der Waals surface area (Å²) >= 11 is 0. The van der Waals surface area contributed by atoms with E-state index in [9.17, 15) is 0 Å². The summed E-state index contributed by atoms with van der Waals surface area (Å²) in [5.41, 5.74) is 6.63. The molecule has 0 aromatic rings. The van der Waals surface area contributed by atoms with E-state index in [0.29, 0.717) is 0 Å². The van der Waals surface area contributed by atoms with Crippen molar-refractivity contribution in [3.63, 3.8) is 0 Å². The first-order chi connectivity index (χ1) is 9.41. The quantitative estimate of drug-likeness (QED) is 0.463. The van der Waals surface area contributed by atoms with Crippen LogP contribution in [0.1, 0.15) is 83.1 Å². The molecule has 0 atom stereocenters. The van der Waals surface area contributed by atoms with Crippen LogP contribution in [0.15, 0.2) is 20.7 Å². The molecule has 0 saturated heterocycles. The number of nitrogens with zero attached hydrogens (tertiary/aromatic N) is 5. The number of nitrogens with one attached hydrogen (secondary N) is 1. The Bertz CT molecular complexity index is 315. The molecule has 0 aliphatic carbocycles. The molecule has 23 heavy (non-hydrogen) atoms. The molecule has 0 aromatic heterocycles. The van der Waals surface area contributed by atoms with Crippen molar-refractivity contribution in [3.8, 4) is 0 Å². The molecule has 0 unspecified atom stereocenters. The predicted octanol–water partition coefficient (Wildman–Crippen LogP) is 2.87. The molecule has 0 fully saturated rings. The van der Waals surface area contributed by atoms with Crippen molar-refractivity contribution >= 4 is 0 Å². The fraction of sp³-hybridized carbons (Fsp3) is 1.00. The monoisotopic (exact) mass is 352 g/mol. The number of rotatable bonds is 2. The van der Waals surface area contributed by atoms with Gasteiger partial charge in [-0.2, -0.15) is 5.11 Å². The van der Waals surface area contributed by atoms with E-state index in [4.69, 9.17) is 0 Å². The fourth-order valence-corrected chi connectivity index (χ4v) is 0.616. The Balaban J connectivity index is -0.000000333. The summed E-state index contributed by atoms with van der Waals surface area (Å²) in [7, 11) is 0. The topological polar surface area (TPSA) is 75.6 Å². The normalized spacial score (nSPS) is 13.4. The van der Waals surface area contributed by atoms with Gasteiger partial charge >= 0.3 is 51.4 Å². The summed E-state index contributed by atoms with van der Waals surface area (Å²) in [6, 6.07) is 0. The maximum absolute atomic E-state index is 4.06. The van der Waals surface area contributed by atoms with E-state index in [2.05, 4.69) is 52.3 Å². The first kappa shape index (κ1) is 28.2. The standard InChI is InChI=1S/C8H19N3.C8H18N3.K/c2*1-7(2,3)9-11-10-8(4,5)6;/h1-6H3,(H,9,10);1-6H3;/q;-1;+1. The summed E-state index contributed by atoms with van der Waals surface area (Å²) in [5.74, 6) is 0. The minimum atomic E-state index is -0.116. The van der Waals surface area contributed by atoms with Gasteiger partial charge in [-0.3, -0.25) is 10.6 Å². The first-order valence-corrected chi connectivity index (χ1v) is 7.74. The Morgan fingerprint density at radius 2 is 1.04 bits per heavy atom. The van der Waals surface area contributed by atoms with Gasteiger partial charge in [0.25, 0.3) is 0 Å². The van der Waals surface area contributed by atoms with Gasteiger partial charge in [-0.05, 0) is 52.6 Å². The molecule has 0 heterocycles. The van der Waals surface area contributed by atoms with Gasteiger partial charge in [0.15, 0.2) is 0 Å². The molecular weight excluding hydrogens is 315 g/mol. The van der Waals surface area contributed by atoms with Crippen LogP contribution in [0.2, 0.25) is 0 Å². The molecule has 0 aliphatic heterocycles. The van der Waals surface area contributed by atoms with Crippen LogP contribution in [-0.4, -0.2) is 22.2 Å². The minimum Gasteiger partial charge on any atom is -0.376 e. The van der Waals surface area contributed by atoms with Crippen molar-refractivity contribution in [1.82, 2.24) is 5.43 Å². The zero-order valence-electron chi connectivity index (χ0n) is 17.7. The molecule has 0 aromatic carbocycles. The van der Waals surface area contributed by atoms with Crippen LogP contribution >= 0.6 is 0 Å². The van der Waals surface area contributed by atoms with Crippen LogP contribution in [0.5, 0.6) is 0 Å². The van der Waals surface area contributed by atoms with Gasteiger partial charge in [-0.1, -0.05) is 46.8 Å². The summed E-state index contributed by atoms with van der Waals surface area (Å²) in [5, 5.41) is 15.7. The zero-order valence-corrected chi connectivity index (χ0v) is 20.9.